The fraction of sp³-hybridized carbons (Fsp3) is 0.417. The normalized spacial score (nSPS) is 12.2. The van der Waals surface area contributed by atoms with Crippen molar-refractivity contribution in [2.75, 3.05) is 18.9 Å². The fourth-order valence-corrected chi connectivity index (χ4v) is 1.41. The number of nitrogen functional groups attached to an aromatic ring is 1. The molecule has 1 aromatic carbocycles. The monoisotopic (exact) mass is 258 g/mol. The molecule has 0 aliphatic carbocycles. The molecule has 1 rings (SSSR count). The number of anilines is 1. The number of hydrogen-bond acceptors (Lipinski definition) is 3. The smallest absolute Gasteiger partial charge is 0.254 e. The van der Waals surface area contributed by atoms with Gasteiger partial charge in [0.05, 0.1) is 17.9 Å². The van der Waals surface area contributed by atoms with Gasteiger partial charge in [-0.1, -0.05) is 0 Å². The number of ether oxygens (including phenoxy) is 1. The minimum atomic E-state index is -0.919. The molecule has 1 unspecified atom stereocenters. The molecule has 0 saturated carbocycles. The average molecular weight is 258 g/mol. The standard InChI is InChI=1S/C12H16F2N2O2/c1-3-18-6-7(2)16-12(17)9-4-8(13)5-10(15)11(9)14/h4-5,7H,3,6,15H2,1-2H3,(H,16,17). The van der Waals surface area contributed by atoms with E-state index in [1.807, 2.05) is 6.92 Å². The van der Waals surface area contributed by atoms with E-state index < -0.39 is 28.8 Å². The molecule has 1 atom stereocenters. The van der Waals surface area contributed by atoms with Crippen LogP contribution < -0.4 is 11.1 Å². The minimum absolute atomic E-state index is 0.300. The molecule has 3 N–H and O–H groups in total. The number of carbonyl (C=O) groups excluding carboxylic acids is 1. The van der Waals surface area contributed by atoms with Crippen molar-refractivity contribution in [3.63, 3.8) is 0 Å². The molecule has 0 heterocycles. The zero-order chi connectivity index (χ0) is 13.7. The maximum absolute atomic E-state index is 13.6. The van der Waals surface area contributed by atoms with Crippen molar-refractivity contribution < 1.29 is 18.3 Å². The molecule has 0 spiro atoms. The molecule has 18 heavy (non-hydrogen) atoms. The maximum atomic E-state index is 13.6. The van der Waals surface area contributed by atoms with Crippen LogP contribution in [0.15, 0.2) is 12.1 Å². The Labute approximate surface area is 104 Å². The van der Waals surface area contributed by atoms with Crippen LogP contribution in [0.25, 0.3) is 0 Å². The van der Waals surface area contributed by atoms with Gasteiger partial charge in [0.25, 0.3) is 5.91 Å². The van der Waals surface area contributed by atoms with E-state index >= 15 is 0 Å². The Bertz CT molecular complexity index is 438. The summed E-state index contributed by atoms with van der Waals surface area (Å²) >= 11 is 0. The van der Waals surface area contributed by atoms with Crippen LogP contribution >= 0.6 is 0 Å². The van der Waals surface area contributed by atoms with Crippen LogP contribution in [0, 0.1) is 11.6 Å². The second kappa shape index (κ2) is 6.30. The first-order valence-electron chi connectivity index (χ1n) is 5.58. The van der Waals surface area contributed by atoms with Crippen LogP contribution in [0.2, 0.25) is 0 Å². The first-order chi connectivity index (χ1) is 8.45. The Morgan fingerprint density at radius 3 is 2.78 bits per heavy atom. The number of nitrogens with two attached hydrogens (primary N) is 1. The van der Waals surface area contributed by atoms with Crippen LogP contribution in [0.4, 0.5) is 14.5 Å². The number of amides is 1. The zero-order valence-corrected chi connectivity index (χ0v) is 10.3. The van der Waals surface area contributed by atoms with Gasteiger partial charge in [-0.05, 0) is 26.0 Å². The highest BCUT2D eigenvalue weighted by Crippen LogP contribution is 2.17. The third kappa shape index (κ3) is 3.66. The van der Waals surface area contributed by atoms with E-state index in [0.717, 1.165) is 12.1 Å². The van der Waals surface area contributed by atoms with Crippen molar-refractivity contribution in [1.82, 2.24) is 5.32 Å². The lowest BCUT2D eigenvalue weighted by atomic mass is 10.1. The summed E-state index contributed by atoms with van der Waals surface area (Å²) in [6.45, 7) is 4.34. The largest absolute Gasteiger partial charge is 0.396 e. The first kappa shape index (κ1) is 14.4. The predicted octanol–water partition coefficient (Wildman–Crippen LogP) is 1.70. The van der Waals surface area contributed by atoms with E-state index in [1.165, 1.54) is 0 Å². The van der Waals surface area contributed by atoms with Gasteiger partial charge in [-0.15, -0.1) is 0 Å². The molecule has 0 radical (unpaired) electrons. The first-order valence-corrected chi connectivity index (χ1v) is 5.58. The lowest BCUT2D eigenvalue weighted by Gasteiger charge is -2.14. The molecule has 0 bridgehead atoms. The van der Waals surface area contributed by atoms with Crippen molar-refractivity contribution in [2.45, 2.75) is 19.9 Å². The molecule has 0 aliphatic rings. The molecular formula is C12H16F2N2O2. The number of halogens is 2. The predicted molar refractivity (Wildman–Crippen MR) is 64.2 cm³/mol. The second-order valence-electron chi connectivity index (χ2n) is 3.89. The minimum Gasteiger partial charge on any atom is -0.396 e. The quantitative estimate of drug-likeness (QED) is 0.790. The molecule has 0 fully saturated rings. The highest BCUT2D eigenvalue weighted by Gasteiger charge is 2.17. The number of nitrogens with one attached hydrogen (secondary N) is 1. The maximum Gasteiger partial charge on any atom is 0.254 e. The Kier molecular flexibility index (Phi) is 5.03. The SMILES string of the molecule is CCOCC(C)NC(=O)c1cc(F)cc(N)c1F. The molecule has 1 aromatic rings. The van der Waals surface area contributed by atoms with E-state index in [-0.39, 0.29) is 6.04 Å². The summed E-state index contributed by atoms with van der Waals surface area (Å²) in [5, 5.41) is 2.50. The number of rotatable bonds is 5. The van der Waals surface area contributed by atoms with Gasteiger partial charge in [0, 0.05) is 12.6 Å². The van der Waals surface area contributed by atoms with E-state index in [2.05, 4.69) is 5.32 Å². The second-order valence-corrected chi connectivity index (χ2v) is 3.89. The summed E-state index contributed by atoms with van der Waals surface area (Å²) in [5.41, 5.74) is 4.45. The molecule has 6 heteroatoms. The van der Waals surface area contributed by atoms with Crippen molar-refractivity contribution in [1.29, 1.82) is 0 Å². The molecular weight excluding hydrogens is 242 g/mol. The average Bonchev–Trinajstić information content (AvgIpc) is 2.30. The third-order valence-electron chi connectivity index (χ3n) is 2.26. The van der Waals surface area contributed by atoms with Crippen LogP contribution in [0.1, 0.15) is 24.2 Å². The molecule has 1 amide bonds. The van der Waals surface area contributed by atoms with Gasteiger partial charge in [0.2, 0.25) is 0 Å². The van der Waals surface area contributed by atoms with E-state index in [0.29, 0.717) is 13.2 Å². The van der Waals surface area contributed by atoms with Crippen molar-refractivity contribution in [3.05, 3.63) is 29.3 Å². The number of benzene rings is 1. The summed E-state index contributed by atoms with van der Waals surface area (Å²) in [6, 6.07) is 1.34. The van der Waals surface area contributed by atoms with E-state index in [9.17, 15) is 13.6 Å². The van der Waals surface area contributed by atoms with Gasteiger partial charge in [0.15, 0.2) is 5.82 Å². The van der Waals surface area contributed by atoms with Crippen LogP contribution in [-0.4, -0.2) is 25.2 Å². The Hall–Kier alpha value is -1.69. The number of carbonyl (C=O) groups is 1. The van der Waals surface area contributed by atoms with Gasteiger partial charge in [-0.25, -0.2) is 8.78 Å². The van der Waals surface area contributed by atoms with E-state index in [1.54, 1.807) is 6.92 Å². The van der Waals surface area contributed by atoms with Crippen molar-refractivity contribution in [2.24, 2.45) is 0 Å². The third-order valence-corrected chi connectivity index (χ3v) is 2.26. The zero-order valence-electron chi connectivity index (χ0n) is 10.3. The summed E-state index contributed by atoms with van der Waals surface area (Å²) in [6.07, 6.45) is 0. The molecule has 100 valence electrons. The Morgan fingerprint density at radius 1 is 1.50 bits per heavy atom. The van der Waals surface area contributed by atoms with Crippen LogP contribution in [-0.2, 0) is 4.74 Å². The summed E-state index contributed by atoms with van der Waals surface area (Å²) in [5.74, 6) is -2.39. The van der Waals surface area contributed by atoms with Gasteiger partial charge in [-0.3, -0.25) is 4.79 Å². The Morgan fingerprint density at radius 2 is 2.17 bits per heavy atom. The van der Waals surface area contributed by atoms with Crippen LogP contribution in [0.3, 0.4) is 0 Å². The topological polar surface area (TPSA) is 64.3 Å². The lowest BCUT2D eigenvalue weighted by Crippen LogP contribution is -2.36. The summed E-state index contributed by atoms with van der Waals surface area (Å²) in [7, 11) is 0. The number of hydrogen-bond donors (Lipinski definition) is 2. The summed E-state index contributed by atoms with van der Waals surface area (Å²) < 4.78 is 31.7. The molecule has 0 saturated heterocycles. The fourth-order valence-electron chi connectivity index (χ4n) is 1.41. The highest BCUT2D eigenvalue weighted by atomic mass is 19.1. The lowest BCUT2D eigenvalue weighted by molar-refractivity contribution is 0.0868. The Balaban J connectivity index is 2.78. The van der Waals surface area contributed by atoms with Gasteiger partial charge in [0.1, 0.15) is 5.82 Å². The van der Waals surface area contributed by atoms with Gasteiger partial charge >= 0.3 is 0 Å². The van der Waals surface area contributed by atoms with Gasteiger partial charge < -0.3 is 15.8 Å². The molecule has 0 aliphatic heterocycles. The van der Waals surface area contributed by atoms with Crippen LogP contribution in [0.5, 0.6) is 0 Å². The van der Waals surface area contributed by atoms with E-state index in [4.69, 9.17) is 10.5 Å². The summed E-state index contributed by atoms with van der Waals surface area (Å²) in [4.78, 5) is 11.7. The highest BCUT2D eigenvalue weighted by molar-refractivity contribution is 5.95. The van der Waals surface area contributed by atoms with Crippen molar-refractivity contribution in [3.8, 4) is 0 Å². The van der Waals surface area contributed by atoms with Crippen molar-refractivity contribution >= 4 is 11.6 Å². The molecule has 0 aromatic heterocycles. The van der Waals surface area contributed by atoms with Gasteiger partial charge in [-0.2, -0.15) is 0 Å². The molecule has 4 nitrogen and oxygen atoms in total.